The van der Waals surface area contributed by atoms with Crippen molar-refractivity contribution >= 4 is 34.9 Å². The minimum atomic E-state index is -4.73. The highest BCUT2D eigenvalue weighted by atomic mass is 35.5. The number of alkyl halides is 3. The zero-order valence-corrected chi connectivity index (χ0v) is 17.1. The number of rotatable bonds is 9. The highest BCUT2D eigenvalue weighted by Crippen LogP contribution is 2.29. The molecule has 0 bridgehead atoms. The fourth-order valence-corrected chi connectivity index (χ4v) is 2.31. The first kappa shape index (κ1) is 23.8. The summed E-state index contributed by atoms with van der Waals surface area (Å²) < 4.78 is 41.9. The van der Waals surface area contributed by atoms with E-state index in [1.807, 2.05) is 0 Å². The molecule has 30 heavy (non-hydrogen) atoms. The van der Waals surface area contributed by atoms with Crippen LogP contribution >= 0.6 is 23.2 Å². The number of ketones is 1. The molecule has 1 aromatic carbocycles. The summed E-state index contributed by atoms with van der Waals surface area (Å²) in [5.74, 6) is -2.24. The Bertz CT molecular complexity index is 910. The van der Waals surface area contributed by atoms with Gasteiger partial charge in [-0.1, -0.05) is 52.6 Å². The van der Waals surface area contributed by atoms with Crippen LogP contribution in [0.25, 0.3) is 11.4 Å². The number of halogens is 5. The Balaban J connectivity index is 2.10. The lowest BCUT2D eigenvalue weighted by Gasteiger charge is -2.21. The second-order valence-electron chi connectivity index (χ2n) is 6.04. The van der Waals surface area contributed by atoms with Crippen LogP contribution in [0.2, 0.25) is 0 Å². The summed E-state index contributed by atoms with van der Waals surface area (Å²) in [5.41, 5.74) is 0.903. The third-order valence-electron chi connectivity index (χ3n) is 3.64. The smallest absolute Gasteiger partial charge is 0.329 e. The first-order chi connectivity index (χ1) is 14.1. The SMILES string of the molecule is CC(=O)CCC(=O)N(Cc1ccc(-c2noc(C(F)(F)F)n2)cc1)OCC=C(Cl)Cl. The fourth-order valence-electron chi connectivity index (χ4n) is 2.18. The summed E-state index contributed by atoms with van der Waals surface area (Å²) in [7, 11) is 0. The number of carbonyl (C=O) groups excluding carboxylic acids is 2. The molecule has 162 valence electrons. The van der Waals surface area contributed by atoms with Crippen molar-refractivity contribution in [2.75, 3.05) is 6.61 Å². The Labute approximate surface area is 179 Å². The first-order valence-electron chi connectivity index (χ1n) is 8.50. The van der Waals surface area contributed by atoms with E-state index in [9.17, 15) is 22.8 Å². The largest absolute Gasteiger partial charge is 0.471 e. The molecule has 12 heteroatoms. The van der Waals surface area contributed by atoms with Gasteiger partial charge in [-0.25, -0.2) is 5.06 Å². The molecule has 0 aliphatic rings. The lowest BCUT2D eigenvalue weighted by molar-refractivity contribution is -0.186. The molecular formula is C18H16Cl2F3N3O4. The van der Waals surface area contributed by atoms with Gasteiger partial charge in [0.05, 0.1) is 13.2 Å². The van der Waals surface area contributed by atoms with E-state index in [0.717, 1.165) is 5.06 Å². The molecule has 0 saturated carbocycles. The number of nitrogens with zero attached hydrogens (tertiary/aromatic N) is 3. The van der Waals surface area contributed by atoms with Gasteiger partial charge in [0.2, 0.25) is 11.7 Å². The normalized spacial score (nSPS) is 11.3. The van der Waals surface area contributed by atoms with Gasteiger partial charge in [-0.15, -0.1) is 0 Å². The van der Waals surface area contributed by atoms with Crippen molar-refractivity contribution in [3.63, 3.8) is 0 Å². The Morgan fingerprint density at radius 2 is 1.87 bits per heavy atom. The summed E-state index contributed by atoms with van der Waals surface area (Å²) in [6, 6.07) is 6.10. The van der Waals surface area contributed by atoms with Crippen molar-refractivity contribution < 1.29 is 32.1 Å². The molecule has 0 fully saturated rings. The Morgan fingerprint density at radius 1 is 1.20 bits per heavy atom. The predicted octanol–water partition coefficient (Wildman–Crippen LogP) is 4.70. The van der Waals surface area contributed by atoms with E-state index in [2.05, 4.69) is 14.7 Å². The number of amides is 1. The van der Waals surface area contributed by atoms with Gasteiger partial charge < -0.3 is 9.32 Å². The van der Waals surface area contributed by atoms with Crippen molar-refractivity contribution in [1.29, 1.82) is 0 Å². The average Bonchev–Trinajstić information content (AvgIpc) is 3.16. The molecule has 2 rings (SSSR count). The van der Waals surface area contributed by atoms with Crippen molar-refractivity contribution in [3.8, 4) is 11.4 Å². The number of hydrogen-bond acceptors (Lipinski definition) is 6. The van der Waals surface area contributed by atoms with Crippen LogP contribution < -0.4 is 0 Å². The van der Waals surface area contributed by atoms with Gasteiger partial charge in [0.15, 0.2) is 0 Å². The number of Topliss-reactive ketones (excluding diaryl/α,β-unsaturated/α-hetero) is 1. The summed E-state index contributed by atoms with van der Waals surface area (Å²) >= 11 is 11.0. The molecule has 0 aliphatic carbocycles. The van der Waals surface area contributed by atoms with E-state index < -0.39 is 18.0 Å². The van der Waals surface area contributed by atoms with Gasteiger partial charge in [0.1, 0.15) is 10.3 Å². The predicted molar refractivity (Wildman–Crippen MR) is 101 cm³/mol. The Morgan fingerprint density at radius 3 is 2.40 bits per heavy atom. The Hall–Kier alpha value is -2.43. The van der Waals surface area contributed by atoms with E-state index in [-0.39, 0.29) is 42.1 Å². The molecule has 0 N–H and O–H groups in total. The zero-order chi connectivity index (χ0) is 22.3. The van der Waals surface area contributed by atoms with Gasteiger partial charge in [0, 0.05) is 18.4 Å². The van der Waals surface area contributed by atoms with E-state index in [4.69, 9.17) is 28.0 Å². The summed E-state index contributed by atoms with van der Waals surface area (Å²) in [4.78, 5) is 32.1. The minimum absolute atomic E-state index is 0.0187. The van der Waals surface area contributed by atoms with E-state index in [0.29, 0.717) is 11.1 Å². The minimum Gasteiger partial charge on any atom is -0.329 e. The highest BCUT2D eigenvalue weighted by Gasteiger charge is 2.38. The standard InChI is InChI=1S/C18H16Cl2F3N3O4/c1-11(27)2-7-15(28)26(29-9-8-14(19)20)10-12-3-5-13(6-4-12)16-24-17(30-25-16)18(21,22)23/h3-6,8H,2,7,9-10H2,1H3. The van der Waals surface area contributed by atoms with Crippen LogP contribution in [0.1, 0.15) is 31.2 Å². The average molecular weight is 466 g/mol. The van der Waals surface area contributed by atoms with Gasteiger partial charge in [-0.05, 0) is 18.6 Å². The first-order valence-corrected chi connectivity index (χ1v) is 9.26. The molecule has 0 unspecified atom stereocenters. The zero-order valence-electron chi connectivity index (χ0n) is 15.6. The van der Waals surface area contributed by atoms with Gasteiger partial charge in [0.25, 0.3) is 0 Å². The van der Waals surface area contributed by atoms with Gasteiger partial charge >= 0.3 is 12.1 Å². The van der Waals surface area contributed by atoms with Crippen LogP contribution in [-0.4, -0.2) is 33.5 Å². The second-order valence-corrected chi connectivity index (χ2v) is 7.05. The maximum Gasteiger partial charge on any atom is 0.471 e. The van der Waals surface area contributed by atoms with E-state index in [1.165, 1.54) is 25.1 Å². The number of benzene rings is 1. The van der Waals surface area contributed by atoms with Crippen LogP contribution in [0.15, 0.2) is 39.4 Å². The van der Waals surface area contributed by atoms with E-state index >= 15 is 0 Å². The number of hydrogen-bond donors (Lipinski definition) is 0. The number of hydroxylamine groups is 2. The molecule has 0 saturated heterocycles. The molecular weight excluding hydrogens is 450 g/mol. The number of aromatic nitrogens is 2. The van der Waals surface area contributed by atoms with Crippen LogP contribution in [0, 0.1) is 0 Å². The molecule has 2 aromatic rings. The topological polar surface area (TPSA) is 85.5 Å². The lowest BCUT2D eigenvalue weighted by Crippen LogP contribution is -2.31. The molecule has 0 radical (unpaired) electrons. The van der Waals surface area contributed by atoms with Gasteiger partial charge in [-0.2, -0.15) is 18.2 Å². The van der Waals surface area contributed by atoms with Crippen LogP contribution in [0.4, 0.5) is 13.2 Å². The van der Waals surface area contributed by atoms with Crippen LogP contribution in [0.3, 0.4) is 0 Å². The van der Waals surface area contributed by atoms with Crippen LogP contribution in [0.5, 0.6) is 0 Å². The lowest BCUT2D eigenvalue weighted by atomic mass is 10.1. The molecule has 7 nitrogen and oxygen atoms in total. The second kappa shape index (κ2) is 10.6. The summed E-state index contributed by atoms with van der Waals surface area (Å²) in [5, 5.41) is 4.37. The molecule has 1 amide bonds. The van der Waals surface area contributed by atoms with Crippen LogP contribution in [-0.2, 0) is 27.1 Å². The summed E-state index contributed by atoms with van der Waals surface area (Å²) in [6.45, 7) is 1.31. The molecule has 0 spiro atoms. The van der Waals surface area contributed by atoms with Crippen molar-refractivity contribution in [1.82, 2.24) is 15.2 Å². The van der Waals surface area contributed by atoms with Crippen molar-refractivity contribution in [3.05, 3.63) is 46.3 Å². The molecule has 0 aliphatic heterocycles. The maximum atomic E-state index is 12.6. The highest BCUT2D eigenvalue weighted by molar-refractivity contribution is 6.55. The maximum absolute atomic E-state index is 12.6. The Kier molecular flexibility index (Phi) is 8.39. The summed E-state index contributed by atoms with van der Waals surface area (Å²) in [6.07, 6.45) is -3.38. The fraction of sp³-hybridized carbons (Fsp3) is 0.333. The molecule has 0 atom stereocenters. The molecule has 1 heterocycles. The third-order valence-corrected chi connectivity index (χ3v) is 3.95. The van der Waals surface area contributed by atoms with E-state index in [1.54, 1.807) is 12.1 Å². The number of carbonyl (C=O) groups is 2. The third kappa shape index (κ3) is 7.43. The van der Waals surface area contributed by atoms with Crippen molar-refractivity contribution in [2.45, 2.75) is 32.5 Å². The van der Waals surface area contributed by atoms with Gasteiger partial charge in [-0.3, -0.25) is 9.63 Å². The molecule has 1 aromatic heterocycles. The quantitative estimate of drug-likeness (QED) is 0.498. The monoisotopic (exact) mass is 465 g/mol. The van der Waals surface area contributed by atoms with Crippen molar-refractivity contribution in [2.24, 2.45) is 0 Å².